The van der Waals surface area contributed by atoms with Gasteiger partial charge in [-0.3, -0.25) is 9.59 Å². The summed E-state index contributed by atoms with van der Waals surface area (Å²) in [4.78, 5) is 24.9. The molecule has 0 saturated heterocycles. The number of ether oxygens (including phenoxy) is 2. The Hall–Kier alpha value is -1.78. The summed E-state index contributed by atoms with van der Waals surface area (Å²) < 4.78 is 77.4. The minimum Gasteiger partial charge on any atom is -0.466 e. The Kier molecular flexibility index (Phi) is 7.89. The highest BCUT2D eigenvalue weighted by Crippen LogP contribution is 2.65. The molecule has 0 bridgehead atoms. The molecule has 3 rings (SSSR count). The summed E-state index contributed by atoms with van der Waals surface area (Å²) in [6.07, 6.45) is 4.56. The zero-order valence-corrected chi connectivity index (χ0v) is 21.5. The molecule has 200 valence electrons. The van der Waals surface area contributed by atoms with Crippen LogP contribution < -0.4 is 0 Å². The zero-order valence-electron chi connectivity index (χ0n) is 20.7. The zero-order chi connectivity index (χ0) is 26.2. The number of allylic oxidation sites excluding steroid dienone is 2. The van der Waals surface area contributed by atoms with E-state index in [1.165, 1.54) is 6.08 Å². The van der Waals surface area contributed by atoms with Gasteiger partial charge in [0.25, 0.3) is 0 Å². The van der Waals surface area contributed by atoms with Crippen LogP contribution >= 0.6 is 0 Å². The smallest absolute Gasteiger partial charge is 0.466 e. The molecule has 6 atom stereocenters. The fourth-order valence-corrected chi connectivity index (χ4v) is 7.50. The Morgan fingerprint density at radius 3 is 2.26 bits per heavy atom. The summed E-state index contributed by atoms with van der Waals surface area (Å²) in [5, 5.41) is 0. The average molecular weight is 525 g/mol. The molecule has 0 aromatic rings. The first kappa shape index (κ1) is 27.8. The highest BCUT2D eigenvalue weighted by Gasteiger charge is 2.60. The van der Waals surface area contributed by atoms with Crippen molar-refractivity contribution in [3.63, 3.8) is 0 Å². The van der Waals surface area contributed by atoms with Crippen LogP contribution in [0.4, 0.5) is 13.2 Å². The molecule has 11 heteroatoms. The standard InChI is InChI=1S/C24H35F3O7S/c1-5-32-20(28)13-15-7-8-16-17-9-10-19(34-35(30,31)24(25,26)27)22(17,3)12-11-18(16)23(15,4)14-21(29)33-6-2/h10,15-18H,5-9,11-14H2,1-4H3/t15-,16-,17-,18-,22-,23-/m0/s1. The molecular weight excluding hydrogens is 489 g/mol. The van der Waals surface area contributed by atoms with Crippen molar-refractivity contribution >= 4 is 22.1 Å². The molecule has 0 amide bonds. The lowest BCUT2D eigenvalue weighted by molar-refractivity contribution is -0.160. The topological polar surface area (TPSA) is 96.0 Å². The molecule has 3 aliphatic rings. The second-order valence-electron chi connectivity index (χ2n) is 10.4. The second kappa shape index (κ2) is 9.94. The van der Waals surface area contributed by atoms with E-state index in [1.54, 1.807) is 20.8 Å². The van der Waals surface area contributed by atoms with Gasteiger partial charge in [-0.15, -0.1) is 0 Å². The van der Waals surface area contributed by atoms with Gasteiger partial charge < -0.3 is 13.7 Å². The van der Waals surface area contributed by atoms with E-state index in [-0.39, 0.29) is 67.4 Å². The summed E-state index contributed by atoms with van der Waals surface area (Å²) in [7, 11) is -5.75. The van der Waals surface area contributed by atoms with Crippen molar-refractivity contribution < 1.29 is 44.8 Å². The molecule has 2 saturated carbocycles. The Balaban J connectivity index is 1.87. The van der Waals surface area contributed by atoms with Gasteiger partial charge in [-0.2, -0.15) is 21.6 Å². The predicted octanol–water partition coefficient (Wildman–Crippen LogP) is 5.11. The molecule has 3 aliphatic carbocycles. The highest BCUT2D eigenvalue weighted by molar-refractivity contribution is 7.87. The molecule has 0 aromatic carbocycles. The molecule has 0 aliphatic heterocycles. The number of hydrogen-bond donors (Lipinski definition) is 0. The summed E-state index contributed by atoms with van der Waals surface area (Å²) in [5.41, 5.74) is -6.91. The largest absolute Gasteiger partial charge is 0.534 e. The summed E-state index contributed by atoms with van der Waals surface area (Å²) >= 11 is 0. The Bertz CT molecular complexity index is 961. The molecule has 35 heavy (non-hydrogen) atoms. The minimum atomic E-state index is -5.75. The highest BCUT2D eigenvalue weighted by atomic mass is 32.2. The molecular formula is C24H35F3O7S. The number of alkyl halides is 3. The van der Waals surface area contributed by atoms with E-state index in [1.807, 2.05) is 6.92 Å². The van der Waals surface area contributed by atoms with Crippen molar-refractivity contribution in [1.82, 2.24) is 0 Å². The fraction of sp³-hybridized carbons (Fsp3) is 0.833. The van der Waals surface area contributed by atoms with Crippen LogP contribution in [0.1, 0.15) is 72.6 Å². The lowest BCUT2D eigenvalue weighted by atomic mass is 9.46. The van der Waals surface area contributed by atoms with Crippen molar-refractivity contribution in [2.24, 2.45) is 34.5 Å². The van der Waals surface area contributed by atoms with Crippen molar-refractivity contribution in [2.75, 3.05) is 13.2 Å². The third kappa shape index (κ3) is 5.20. The monoisotopic (exact) mass is 524 g/mol. The van der Waals surface area contributed by atoms with Crippen molar-refractivity contribution in [2.45, 2.75) is 78.1 Å². The number of carbonyl (C=O) groups is 2. The van der Waals surface area contributed by atoms with E-state index in [2.05, 4.69) is 4.18 Å². The van der Waals surface area contributed by atoms with Crippen LogP contribution in [0.25, 0.3) is 0 Å². The number of carbonyl (C=O) groups excluding carboxylic acids is 2. The van der Waals surface area contributed by atoms with Gasteiger partial charge in [-0.05, 0) is 81.1 Å². The van der Waals surface area contributed by atoms with Gasteiger partial charge in [-0.1, -0.05) is 13.8 Å². The third-order valence-electron chi connectivity index (χ3n) is 8.61. The lowest BCUT2D eigenvalue weighted by Gasteiger charge is -2.58. The molecule has 0 aromatic heterocycles. The average Bonchev–Trinajstić information content (AvgIpc) is 3.05. The number of esters is 2. The van der Waals surface area contributed by atoms with E-state index < -0.39 is 26.5 Å². The van der Waals surface area contributed by atoms with Crippen LogP contribution in [-0.2, 0) is 33.4 Å². The van der Waals surface area contributed by atoms with Gasteiger partial charge in [0.15, 0.2) is 0 Å². The van der Waals surface area contributed by atoms with Crippen LogP contribution in [-0.4, -0.2) is 39.1 Å². The SMILES string of the molecule is CCOC(=O)C[C@@H]1CC[C@@H]2[C@H](CC[C@]3(C)C(OS(=O)(=O)C(F)(F)F)=CC[C@@H]23)[C@@]1(C)CC(=O)OCC. The lowest BCUT2D eigenvalue weighted by Crippen LogP contribution is -2.53. The minimum absolute atomic E-state index is 0.0186. The van der Waals surface area contributed by atoms with Crippen LogP contribution in [0.2, 0.25) is 0 Å². The van der Waals surface area contributed by atoms with Crippen molar-refractivity contribution in [3.05, 3.63) is 11.8 Å². The van der Waals surface area contributed by atoms with Crippen LogP contribution in [0.15, 0.2) is 11.8 Å². The Labute approximate surface area is 204 Å². The Morgan fingerprint density at radius 1 is 1.03 bits per heavy atom. The van der Waals surface area contributed by atoms with E-state index in [4.69, 9.17) is 9.47 Å². The number of fused-ring (bicyclic) bond motifs is 3. The quantitative estimate of drug-likeness (QED) is 0.247. The van der Waals surface area contributed by atoms with Gasteiger partial charge in [0, 0.05) is 11.8 Å². The van der Waals surface area contributed by atoms with Gasteiger partial charge in [0.1, 0.15) is 5.76 Å². The fourth-order valence-electron chi connectivity index (χ4n) is 6.91. The normalized spacial score (nSPS) is 34.9. The molecule has 2 fully saturated rings. The molecule has 0 unspecified atom stereocenters. The molecule has 0 heterocycles. The first-order valence-electron chi connectivity index (χ1n) is 12.2. The third-order valence-corrected chi connectivity index (χ3v) is 9.57. The van der Waals surface area contributed by atoms with Gasteiger partial charge >= 0.3 is 27.6 Å². The predicted molar refractivity (Wildman–Crippen MR) is 120 cm³/mol. The van der Waals surface area contributed by atoms with Crippen LogP contribution in [0.5, 0.6) is 0 Å². The van der Waals surface area contributed by atoms with Gasteiger partial charge in [0.05, 0.1) is 19.6 Å². The number of halogens is 3. The summed E-state index contributed by atoms with van der Waals surface area (Å²) in [6.45, 7) is 7.74. The first-order valence-corrected chi connectivity index (χ1v) is 13.6. The van der Waals surface area contributed by atoms with Crippen LogP contribution in [0, 0.1) is 34.5 Å². The molecule has 7 nitrogen and oxygen atoms in total. The van der Waals surface area contributed by atoms with E-state index in [0.29, 0.717) is 25.7 Å². The Morgan fingerprint density at radius 2 is 1.66 bits per heavy atom. The number of rotatable bonds is 8. The van der Waals surface area contributed by atoms with Gasteiger partial charge in [0.2, 0.25) is 0 Å². The summed E-state index contributed by atoms with van der Waals surface area (Å²) in [6, 6.07) is 0. The molecule has 0 N–H and O–H groups in total. The van der Waals surface area contributed by atoms with Crippen LogP contribution in [0.3, 0.4) is 0 Å². The maximum atomic E-state index is 13.0. The van der Waals surface area contributed by atoms with E-state index in [0.717, 1.165) is 6.42 Å². The van der Waals surface area contributed by atoms with Gasteiger partial charge in [-0.25, -0.2) is 0 Å². The second-order valence-corrected chi connectivity index (χ2v) is 11.9. The first-order chi connectivity index (χ1) is 16.2. The van der Waals surface area contributed by atoms with Crippen molar-refractivity contribution in [1.29, 1.82) is 0 Å². The maximum Gasteiger partial charge on any atom is 0.534 e. The summed E-state index contributed by atoms with van der Waals surface area (Å²) in [5.74, 6) is -0.969. The molecule has 0 spiro atoms. The molecule has 0 radical (unpaired) electrons. The maximum absolute atomic E-state index is 13.0. The van der Waals surface area contributed by atoms with E-state index in [9.17, 15) is 31.2 Å². The number of hydrogen-bond acceptors (Lipinski definition) is 7. The van der Waals surface area contributed by atoms with E-state index >= 15 is 0 Å². The van der Waals surface area contributed by atoms with Crippen molar-refractivity contribution in [3.8, 4) is 0 Å².